The molecule has 3 rings (SSSR count). The molecule has 0 amide bonds. The fourth-order valence-corrected chi connectivity index (χ4v) is 4.34. The standard InChI is InChI=1S/C26H37N7O4/c1-4-5-6-7-8-9-10-11-12-13-17-32-22-23(31(3)26(35)28-24(22)34)27-25(32)30-29-19(2)20-15-14-16-21(18-20)33(36)37/h14-16,18H,4-13,17H2,1-3H3,(H,27,30)(H,28,34,35)/b29-19-. The number of nitrogens with zero attached hydrogens (tertiary/aromatic N) is 5. The van der Waals surface area contributed by atoms with Crippen LogP contribution in [0.25, 0.3) is 11.2 Å². The monoisotopic (exact) mass is 511 g/mol. The minimum atomic E-state index is -0.538. The molecule has 11 nitrogen and oxygen atoms in total. The number of hydrogen-bond acceptors (Lipinski definition) is 7. The topological polar surface area (TPSA) is 140 Å². The number of anilines is 1. The van der Waals surface area contributed by atoms with E-state index in [1.54, 1.807) is 30.7 Å². The fourth-order valence-electron chi connectivity index (χ4n) is 4.34. The van der Waals surface area contributed by atoms with E-state index in [-0.39, 0.29) is 11.3 Å². The van der Waals surface area contributed by atoms with Crippen molar-refractivity contribution in [3.63, 3.8) is 0 Å². The summed E-state index contributed by atoms with van der Waals surface area (Å²) in [6, 6.07) is 6.20. The van der Waals surface area contributed by atoms with E-state index in [1.807, 2.05) is 0 Å². The zero-order valence-corrected chi connectivity index (χ0v) is 22.0. The van der Waals surface area contributed by atoms with Crippen LogP contribution < -0.4 is 16.7 Å². The van der Waals surface area contributed by atoms with Crippen molar-refractivity contribution in [3.8, 4) is 0 Å². The van der Waals surface area contributed by atoms with Crippen LogP contribution in [0.1, 0.15) is 83.6 Å². The quantitative estimate of drug-likeness (QED) is 0.126. The highest BCUT2D eigenvalue weighted by Crippen LogP contribution is 2.19. The smallest absolute Gasteiger partial charge is 0.303 e. The summed E-state index contributed by atoms with van der Waals surface area (Å²) < 4.78 is 3.05. The lowest BCUT2D eigenvalue weighted by Gasteiger charge is -2.09. The molecule has 37 heavy (non-hydrogen) atoms. The van der Waals surface area contributed by atoms with Crippen molar-refractivity contribution < 1.29 is 4.92 Å². The molecule has 2 aromatic heterocycles. The van der Waals surface area contributed by atoms with E-state index in [4.69, 9.17) is 0 Å². The summed E-state index contributed by atoms with van der Waals surface area (Å²) in [5.41, 5.74) is 3.54. The number of nitro groups is 1. The van der Waals surface area contributed by atoms with Gasteiger partial charge in [0.15, 0.2) is 11.2 Å². The van der Waals surface area contributed by atoms with Gasteiger partial charge in [-0.3, -0.25) is 24.5 Å². The van der Waals surface area contributed by atoms with Crippen LogP contribution in [0.3, 0.4) is 0 Å². The number of aryl methyl sites for hydroxylation is 2. The molecule has 0 saturated heterocycles. The number of H-pyrrole nitrogens is 1. The molecule has 1 aromatic carbocycles. The number of benzene rings is 1. The summed E-state index contributed by atoms with van der Waals surface area (Å²) in [5, 5.41) is 15.5. The summed E-state index contributed by atoms with van der Waals surface area (Å²) >= 11 is 0. The molecule has 0 fully saturated rings. The van der Waals surface area contributed by atoms with Crippen LogP contribution >= 0.6 is 0 Å². The molecule has 3 aromatic rings. The Morgan fingerprint density at radius 1 is 1.08 bits per heavy atom. The van der Waals surface area contributed by atoms with E-state index >= 15 is 0 Å². The highest BCUT2D eigenvalue weighted by atomic mass is 16.6. The molecule has 0 aliphatic rings. The average Bonchev–Trinajstić information content (AvgIpc) is 3.26. The van der Waals surface area contributed by atoms with Crippen molar-refractivity contribution >= 4 is 28.5 Å². The van der Waals surface area contributed by atoms with E-state index in [1.165, 1.54) is 61.6 Å². The first-order valence-electron chi connectivity index (χ1n) is 13.1. The second-order valence-electron chi connectivity index (χ2n) is 9.38. The highest BCUT2D eigenvalue weighted by Gasteiger charge is 2.17. The van der Waals surface area contributed by atoms with E-state index in [9.17, 15) is 19.7 Å². The van der Waals surface area contributed by atoms with Gasteiger partial charge in [0.25, 0.3) is 11.2 Å². The van der Waals surface area contributed by atoms with Gasteiger partial charge in [-0.05, 0) is 13.3 Å². The minimum absolute atomic E-state index is 0.0261. The number of unbranched alkanes of at least 4 members (excludes halogenated alkanes) is 9. The third-order valence-corrected chi connectivity index (χ3v) is 6.54. The SMILES string of the molecule is CCCCCCCCCCCCn1c(N/N=C(/C)c2cccc([N+](=O)[O-])c2)nc2c1c(=O)[nH]c(=O)n2C. The number of nitrogens with one attached hydrogen (secondary N) is 2. The van der Waals surface area contributed by atoms with Crippen molar-refractivity contribution in [2.45, 2.75) is 84.6 Å². The predicted molar refractivity (Wildman–Crippen MR) is 146 cm³/mol. The lowest BCUT2D eigenvalue weighted by molar-refractivity contribution is -0.384. The van der Waals surface area contributed by atoms with Crippen molar-refractivity contribution in [1.29, 1.82) is 0 Å². The van der Waals surface area contributed by atoms with E-state index in [0.717, 1.165) is 19.3 Å². The third-order valence-electron chi connectivity index (χ3n) is 6.54. The molecule has 2 heterocycles. The first-order chi connectivity index (χ1) is 17.8. The van der Waals surface area contributed by atoms with Gasteiger partial charge in [0.2, 0.25) is 5.95 Å². The second-order valence-corrected chi connectivity index (χ2v) is 9.38. The minimum Gasteiger partial charge on any atom is -0.303 e. The molecule has 0 aliphatic heterocycles. The Morgan fingerprint density at radius 2 is 1.73 bits per heavy atom. The van der Waals surface area contributed by atoms with Crippen molar-refractivity contribution in [2.24, 2.45) is 12.1 Å². The molecular formula is C26H37N7O4. The number of nitro benzene ring substituents is 1. The first kappa shape index (κ1) is 27.8. The Kier molecular flexibility index (Phi) is 10.2. The maximum absolute atomic E-state index is 12.7. The van der Waals surface area contributed by atoms with Crippen LogP contribution in [0.5, 0.6) is 0 Å². The number of hydrazone groups is 1. The number of aromatic nitrogens is 4. The van der Waals surface area contributed by atoms with Crippen molar-refractivity contribution in [3.05, 3.63) is 60.8 Å². The van der Waals surface area contributed by atoms with E-state index in [2.05, 4.69) is 27.4 Å². The van der Waals surface area contributed by atoms with Gasteiger partial charge in [-0.1, -0.05) is 76.8 Å². The average molecular weight is 512 g/mol. The predicted octanol–water partition coefficient (Wildman–Crippen LogP) is 5.09. The molecule has 0 saturated carbocycles. The molecule has 0 aliphatic carbocycles. The van der Waals surface area contributed by atoms with Gasteiger partial charge in [0.1, 0.15) is 0 Å². The molecule has 0 atom stereocenters. The molecule has 0 spiro atoms. The van der Waals surface area contributed by atoms with E-state index in [0.29, 0.717) is 29.3 Å². The highest BCUT2D eigenvalue weighted by molar-refractivity contribution is 5.99. The Bertz CT molecular complexity index is 1350. The number of hydrogen-bond donors (Lipinski definition) is 2. The molecular weight excluding hydrogens is 474 g/mol. The number of rotatable bonds is 15. The second kappa shape index (κ2) is 13.5. The van der Waals surface area contributed by atoms with Crippen LogP contribution in [0, 0.1) is 10.1 Å². The Labute approximate surface area is 215 Å². The molecule has 0 unspecified atom stereocenters. The van der Waals surface area contributed by atoms with Gasteiger partial charge in [-0.15, -0.1) is 0 Å². The lowest BCUT2D eigenvalue weighted by Crippen LogP contribution is -2.29. The molecule has 0 bridgehead atoms. The lowest BCUT2D eigenvalue weighted by atomic mass is 10.1. The van der Waals surface area contributed by atoms with Gasteiger partial charge in [0.05, 0.1) is 10.6 Å². The summed E-state index contributed by atoms with van der Waals surface area (Å²) in [6.45, 7) is 4.49. The summed E-state index contributed by atoms with van der Waals surface area (Å²) in [6.07, 6.45) is 11.9. The van der Waals surface area contributed by atoms with Gasteiger partial charge in [-0.25, -0.2) is 10.2 Å². The summed E-state index contributed by atoms with van der Waals surface area (Å²) in [5.74, 6) is 0.336. The largest absolute Gasteiger partial charge is 0.329 e. The maximum atomic E-state index is 12.7. The van der Waals surface area contributed by atoms with E-state index < -0.39 is 16.2 Å². The number of fused-ring (bicyclic) bond motifs is 1. The van der Waals surface area contributed by atoms with Crippen LogP contribution in [0.15, 0.2) is 39.0 Å². The number of imidazole rings is 1. The van der Waals surface area contributed by atoms with Crippen LogP contribution in [-0.4, -0.2) is 29.7 Å². The molecule has 11 heteroatoms. The van der Waals surface area contributed by atoms with Crippen molar-refractivity contribution in [2.75, 3.05) is 5.43 Å². The summed E-state index contributed by atoms with van der Waals surface area (Å²) in [7, 11) is 1.56. The number of non-ortho nitro benzene ring substituents is 1. The van der Waals surface area contributed by atoms with Crippen LogP contribution in [0.4, 0.5) is 11.6 Å². The fraction of sp³-hybridized carbons (Fsp3) is 0.538. The van der Waals surface area contributed by atoms with Gasteiger partial charge < -0.3 is 4.57 Å². The Morgan fingerprint density at radius 3 is 2.38 bits per heavy atom. The Balaban J connectivity index is 1.73. The molecule has 0 radical (unpaired) electrons. The normalized spacial score (nSPS) is 11.8. The van der Waals surface area contributed by atoms with Gasteiger partial charge in [-0.2, -0.15) is 10.1 Å². The maximum Gasteiger partial charge on any atom is 0.329 e. The van der Waals surface area contributed by atoms with Crippen LogP contribution in [-0.2, 0) is 13.6 Å². The third kappa shape index (κ3) is 7.37. The van der Waals surface area contributed by atoms with Gasteiger partial charge >= 0.3 is 5.69 Å². The zero-order chi connectivity index (χ0) is 26.8. The Hall–Kier alpha value is -3.76. The van der Waals surface area contributed by atoms with Gasteiger partial charge in [0, 0.05) is 31.3 Å². The summed E-state index contributed by atoms with van der Waals surface area (Å²) in [4.78, 5) is 42.3. The van der Waals surface area contributed by atoms with Crippen molar-refractivity contribution in [1.82, 2.24) is 19.1 Å². The molecule has 2 N–H and O–H groups in total. The first-order valence-corrected chi connectivity index (χ1v) is 13.1. The number of aromatic amines is 1. The zero-order valence-electron chi connectivity index (χ0n) is 22.0. The van der Waals surface area contributed by atoms with Crippen LogP contribution in [0.2, 0.25) is 0 Å². The molecule has 200 valence electrons.